The smallest absolute Gasteiger partial charge is 0.267 e. The van der Waals surface area contributed by atoms with Crippen molar-refractivity contribution >= 4 is 28.2 Å². The molecule has 0 bridgehead atoms. The number of hydrogen-bond donors (Lipinski definition) is 2. The Kier molecular flexibility index (Phi) is 6.01. The Hall–Kier alpha value is -1.30. The van der Waals surface area contributed by atoms with E-state index in [2.05, 4.69) is 24.1 Å². The molecule has 0 aliphatic carbocycles. The van der Waals surface area contributed by atoms with Gasteiger partial charge in [-0.15, -0.1) is 0 Å². The van der Waals surface area contributed by atoms with Crippen molar-refractivity contribution in [2.24, 2.45) is 5.92 Å². The normalized spacial score (nSPS) is 13.0. The van der Waals surface area contributed by atoms with Gasteiger partial charge in [-0.1, -0.05) is 31.6 Å². The summed E-state index contributed by atoms with van der Waals surface area (Å²) >= 11 is 1.33. The van der Waals surface area contributed by atoms with E-state index < -0.39 is 0 Å². The molecule has 0 saturated heterocycles. The van der Waals surface area contributed by atoms with Gasteiger partial charge in [0.1, 0.15) is 10.7 Å². The number of hydrogen-bond acceptors (Lipinski definition) is 5. The van der Waals surface area contributed by atoms with E-state index in [0.717, 1.165) is 13.0 Å². The highest BCUT2D eigenvalue weighted by atomic mass is 32.1. The van der Waals surface area contributed by atoms with Crippen LogP contribution >= 0.6 is 11.3 Å². The maximum atomic E-state index is 12.6. The molecule has 1 atom stereocenters. The maximum absolute atomic E-state index is 12.6. The molecule has 1 unspecified atom stereocenters. The molecule has 21 heavy (non-hydrogen) atoms. The Morgan fingerprint density at radius 1 is 1.43 bits per heavy atom. The molecule has 1 aromatic heterocycles. The largest absolute Gasteiger partial charge is 0.382 e. The minimum atomic E-state index is -0.105. The van der Waals surface area contributed by atoms with E-state index in [4.69, 9.17) is 5.73 Å². The first-order valence-corrected chi connectivity index (χ1v) is 8.33. The first kappa shape index (κ1) is 17.8. The van der Waals surface area contributed by atoms with Crippen molar-refractivity contribution in [1.82, 2.24) is 9.88 Å². The van der Waals surface area contributed by atoms with Crippen LogP contribution in [-0.4, -0.2) is 34.4 Å². The summed E-state index contributed by atoms with van der Waals surface area (Å²) < 4.78 is 0. The van der Waals surface area contributed by atoms with Gasteiger partial charge in [-0.3, -0.25) is 4.79 Å². The van der Waals surface area contributed by atoms with Crippen LogP contribution in [0.4, 0.5) is 10.9 Å². The second kappa shape index (κ2) is 7.11. The predicted molar refractivity (Wildman–Crippen MR) is 90.9 cm³/mol. The highest BCUT2D eigenvalue weighted by molar-refractivity contribution is 7.18. The SMILES string of the molecule is CCC(C)CN(CC)C(=O)c1sc(NC(C)(C)C)nc1N. The summed E-state index contributed by atoms with van der Waals surface area (Å²) in [7, 11) is 0. The van der Waals surface area contributed by atoms with Gasteiger partial charge in [-0.25, -0.2) is 4.98 Å². The average molecular weight is 312 g/mol. The van der Waals surface area contributed by atoms with Gasteiger partial charge in [-0.2, -0.15) is 0 Å². The quantitative estimate of drug-likeness (QED) is 0.844. The zero-order chi connectivity index (χ0) is 16.2. The van der Waals surface area contributed by atoms with Crippen LogP contribution < -0.4 is 11.1 Å². The van der Waals surface area contributed by atoms with Crippen LogP contribution in [0.15, 0.2) is 0 Å². The number of nitrogens with zero attached hydrogens (tertiary/aromatic N) is 2. The fourth-order valence-corrected chi connectivity index (χ4v) is 2.93. The third kappa shape index (κ3) is 5.19. The predicted octanol–water partition coefficient (Wildman–Crippen LogP) is 3.44. The van der Waals surface area contributed by atoms with Gasteiger partial charge in [0, 0.05) is 18.6 Å². The fraction of sp³-hybridized carbons (Fsp3) is 0.733. The lowest BCUT2D eigenvalue weighted by Gasteiger charge is -2.23. The number of anilines is 2. The van der Waals surface area contributed by atoms with Crippen LogP contribution in [0.2, 0.25) is 0 Å². The average Bonchev–Trinajstić information content (AvgIpc) is 2.73. The number of nitrogen functional groups attached to an aromatic ring is 1. The number of thiazole rings is 1. The first-order valence-electron chi connectivity index (χ1n) is 7.51. The molecule has 1 amide bonds. The van der Waals surface area contributed by atoms with E-state index in [-0.39, 0.29) is 11.4 Å². The molecule has 6 heteroatoms. The Bertz CT molecular complexity index is 479. The molecule has 0 aromatic carbocycles. The zero-order valence-electron chi connectivity index (χ0n) is 14.0. The van der Waals surface area contributed by atoms with Crippen LogP contribution in [0.5, 0.6) is 0 Å². The van der Waals surface area contributed by atoms with Crippen molar-refractivity contribution in [2.45, 2.75) is 53.5 Å². The lowest BCUT2D eigenvalue weighted by atomic mass is 10.1. The van der Waals surface area contributed by atoms with Crippen LogP contribution in [0.3, 0.4) is 0 Å². The summed E-state index contributed by atoms with van der Waals surface area (Å²) in [6.07, 6.45) is 1.05. The van der Waals surface area contributed by atoms with Crippen molar-refractivity contribution < 1.29 is 4.79 Å². The summed E-state index contributed by atoms with van der Waals surface area (Å²) in [5.74, 6) is 0.782. The van der Waals surface area contributed by atoms with E-state index >= 15 is 0 Å². The van der Waals surface area contributed by atoms with Crippen LogP contribution in [0, 0.1) is 5.92 Å². The van der Waals surface area contributed by atoms with E-state index in [9.17, 15) is 4.79 Å². The second-order valence-electron chi connectivity index (χ2n) is 6.47. The summed E-state index contributed by atoms with van der Waals surface area (Å²) in [6.45, 7) is 13.9. The molecule has 0 aliphatic rings. The summed E-state index contributed by atoms with van der Waals surface area (Å²) in [5.41, 5.74) is 5.82. The number of rotatable bonds is 6. The number of nitrogens with one attached hydrogen (secondary N) is 1. The monoisotopic (exact) mass is 312 g/mol. The van der Waals surface area contributed by atoms with Gasteiger partial charge in [-0.05, 0) is 33.6 Å². The summed E-state index contributed by atoms with van der Waals surface area (Å²) in [4.78, 5) is 19.3. The number of carbonyl (C=O) groups is 1. The fourth-order valence-electron chi connectivity index (χ4n) is 1.86. The van der Waals surface area contributed by atoms with Gasteiger partial charge in [0.05, 0.1) is 0 Å². The van der Waals surface area contributed by atoms with Gasteiger partial charge < -0.3 is 16.0 Å². The van der Waals surface area contributed by atoms with Crippen molar-refractivity contribution in [1.29, 1.82) is 0 Å². The molecule has 5 nitrogen and oxygen atoms in total. The van der Waals surface area contributed by atoms with Crippen LogP contribution in [0.1, 0.15) is 57.6 Å². The van der Waals surface area contributed by atoms with Gasteiger partial charge in [0.25, 0.3) is 5.91 Å². The van der Waals surface area contributed by atoms with Crippen molar-refractivity contribution in [3.05, 3.63) is 4.88 Å². The lowest BCUT2D eigenvalue weighted by molar-refractivity contribution is 0.0746. The van der Waals surface area contributed by atoms with E-state index in [0.29, 0.717) is 28.3 Å². The Morgan fingerprint density at radius 3 is 2.52 bits per heavy atom. The second-order valence-corrected chi connectivity index (χ2v) is 7.46. The summed E-state index contributed by atoms with van der Waals surface area (Å²) in [5, 5.41) is 3.96. The highest BCUT2D eigenvalue weighted by Gasteiger charge is 2.23. The minimum Gasteiger partial charge on any atom is -0.382 e. The molecule has 0 saturated carbocycles. The number of carbonyl (C=O) groups excluding carboxylic acids is 1. The third-order valence-corrected chi connectivity index (χ3v) is 4.20. The zero-order valence-corrected chi connectivity index (χ0v) is 14.8. The van der Waals surface area contributed by atoms with Gasteiger partial charge in [0.2, 0.25) is 0 Å². The standard InChI is InChI=1S/C15H28N4OS/c1-7-10(3)9-19(8-2)13(20)11-12(16)17-14(21-11)18-15(4,5)6/h10H,7-9,16H2,1-6H3,(H,17,18). The van der Waals surface area contributed by atoms with E-state index in [1.165, 1.54) is 11.3 Å². The highest BCUT2D eigenvalue weighted by Crippen LogP contribution is 2.28. The van der Waals surface area contributed by atoms with Gasteiger partial charge in [0.15, 0.2) is 5.13 Å². The molecule has 1 aromatic rings. The third-order valence-electron chi connectivity index (χ3n) is 3.23. The Morgan fingerprint density at radius 2 is 2.05 bits per heavy atom. The maximum Gasteiger partial charge on any atom is 0.267 e. The Balaban J connectivity index is 2.90. The molecule has 1 rings (SSSR count). The number of amides is 1. The molecule has 1 heterocycles. The molecule has 0 radical (unpaired) electrons. The van der Waals surface area contributed by atoms with E-state index in [1.54, 1.807) is 0 Å². The molecular weight excluding hydrogens is 284 g/mol. The molecule has 120 valence electrons. The molecule has 0 fully saturated rings. The Labute approximate surface area is 131 Å². The number of aromatic nitrogens is 1. The van der Waals surface area contributed by atoms with Gasteiger partial charge >= 0.3 is 0 Å². The summed E-state index contributed by atoms with van der Waals surface area (Å²) in [6, 6.07) is 0. The van der Waals surface area contributed by atoms with Crippen LogP contribution in [0.25, 0.3) is 0 Å². The van der Waals surface area contributed by atoms with Crippen molar-refractivity contribution in [3.8, 4) is 0 Å². The number of nitrogens with two attached hydrogens (primary N) is 1. The van der Waals surface area contributed by atoms with Crippen molar-refractivity contribution in [2.75, 3.05) is 24.1 Å². The lowest BCUT2D eigenvalue weighted by Crippen LogP contribution is -2.34. The molecule has 0 spiro atoms. The molecule has 3 N–H and O–H groups in total. The molecule has 0 aliphatic heterocycles. The first-order chi connectivity index (χ1) is 9.67. The molecular formula is C15H28N4OS. The topological polar surface area (TPSA) is 71.2 Å². The minimum absolute atomic E-state index is 0.0187. The van der Waals surface area contributed by atoms with Crippen LogP contribution in [-0.2, 0) is 0 Å². The van der Waals surface area contributed by atoms with E-state index in [1.807, 2.05) is 32.6 Å². The van der Waals surface area contributed by atoms with Crippen molar-refractivity contribution in [3.63, 3.8) is 0 Å².